The summed E-state index contributed by atoms with van der Waals surface area (Å²) >= 11 is 0. The summed E-state index contributed by atoms with van der Waals surface area (Å²) in [6.07, 6.45) is -4.29. The molecule has 26 heavy (non-hydrogen) atoms. The van der Waals surface area contributed by atoms with Crippen LogP contribution in [0.25, 0.3) is 16.8 Å². The Labute approximate surface area is 145 Å². The van der Waals surface area contributed by atoms with Crippen molar-refractivity contribution < 1.29 is 17.9 Å². The number of ether oxygens (including phenoxy) is 1. The van der Waals surface area contributed by atoms with Gasteiger partial charge in [0.2, 0.25) is 0 Å². The van der Waals surface area contributed by atoms with E-state index in [0.29, 0.717) is 29.1 Å². The van der Waals surface area contributed by atoms with Crippen molar-refractivity contribution in [1.29, 1.82) is 0 Å². The number of H-pyrrole nitrogens is 1. The van der Waals surface area contributed by atoms with Crippen molar-refractivity contribution in [2.75, 3.05) is 0 Å². The van der Waals surface area contributed by atoms with E-state index in [1.54, 1.807) is 18.2 Å². The summed E-state index contributed by atoms with van der Waals surface area (Å²) in [6.45, 7) is 0. The highest BCUT2D eigenvalue weighted by molar-refractivity contribution is 5.68. The number of nitrogens with zero attached hydrogens (tertiary/aromatic N) is 2. The smallest absolute Gasteiger partial charge is 0.406 e. The van der Waals surface area contributed by atoms with Crippen molar-refractivity contribution in [3.05, 3.63) is 64.3 Å². The van der Waals surface area contributed by atoms with E-state index in [2.05, 4.69) is 14.9 Å². The van der Waals surface area contributed by atoms with Gasteiger partial charge in [0.15, 0.2) is 5.82 Å². The molecule has 2 aromatic carbocycles. The molecule has 0 bridgehead atoms. The third kappa shape index (κ3) is 2.86. The maximum absolute atomic E-state index is 12.4. The molecule has 6 nitrogen and oxygen atoms in total. The number of hydrogen-bond donors (Lipinski definition) is 2. The summed E-state index contributed by atoms with van der Waals surface area (Å²) in [5.41, 5.74) is 8.42. The summed E-state index contributed by atoms with van der Waals surface area (Å²) in [7, 11) is 0. The Morgan fingerprint density at radius 1 is 1.19 bits per heavy atom. The predicted molar refractivity (Wildman–Crippen MR) is 86.9 cm³/mol. The molecule has 2 heterocycles. The van der Waals surface area contributed by atoms with Crippen LogP contribution >= 0.6 is 0 Å². The highest BCUT2D eigenvalue weighted by Crippen LogP contribution is 2.33. The lowest BCUT2D eigenvalue weighted by atomic mass is 9.95. The number of nitrogens with one attached hydrogen (secondary N) is 1. The van der Waals surface area contributed by atoms with Crippen molar-refractivity contribution in [2.24, 2.45) is 5.73 Å². The van der Waals surface area contributed by atoms with E-state index in [1.165, 1.54) is 22.8 Å². The monoisotopic (exact) mass is 362 g/mol. The van der Waals surface area contributed by atoms with Crippen LogP contribution in [0.2, 0.25) is 0 Å². The van der Waals surface area contributed by atoms with Crippen LogP contribution in [0.15, 0.2) is 47.3 Å². The second-order valence-corrected chi connectivity index (χ2v) is 5.95. The van der Waals surface area contributed by atoms with Gasteiger partial charge in [-0.25, -0.2) is 14.5 Å². The van der Waals surface area contributed by atoms with Gasteiger partial charge in [-0.3, -0.25) is 0 Å². The molecule has 0 spiro atoms. The van der Waals surface area contributed by atoms with Gasteiger partial charge in [0.1, 0.15) is 5.75 Å². The fourth-order valence-electron chi connectivity index (χ4n) is 3.14. The third-order valence-corrected chi connectivity index (χ3v) is 4.19. The zero-order chi connectivity index (χ0) is 18.5. The largest absolute Gasteiger partial charge is 0.573 e. The van der Waals surface area contributed by atoms with E-state index in [-0.39, 0.29) is 11.4 Å². The lowest BCUT2D eigenvalue weighted by Gasteiger charge is -2.22. The number of aromatic amines is 1. The second kappa shape index (κ2) is 5.73. The molecule has 0 fully saturated rings. The van der Waals surface area contributed by atoms with Crippen LogP contribution in [0, 0.1) is 0 Å². The van der Waals surface area contributed by atoms with Crippen molar-refractivity contribution in [3.8, 4) is 22.6 Å². The fourth-order valence-corrected chi connectivity index (χ4v) is 3.14. The summed E-state index contributed by atoms with van der Waals surface area (Å²) in [5.74, 6) is 0.161. The lowest BCUT2D eigenvalue weighted by molar-refractivity contribution is -0.274. The van der Waals surface area contributed by atoms with Crippen LogP contribution in [-0.4, -0.2) is 21.1 Å². The molecule has 0 saturated heterocycles. The van der Waals surface area contributed by atoms with Gasteiger partial charge in [-0.1, -0.05) is 18.2 Å². The quantitative estimate of drug-likeness (QED) is 0.734. The van der Waals surface area contributed by atoms with Gasteiger partial charge in [0, 0.05) is 0 Å². The van der Waals surface area contributed by atoms with E-state index >= 15 is 0 Å². The lowest BCUT2D eigenvalue weighted by Crippen LogP contribution is -2.28. The molecule has 1 unspecified atom stereocenters. The van der Waals surface area contributed by atoms with Crippen LogP contribution < -0.4 is 16.2 Å². The number of rotatable bonds is 2. The number of hydrogen-bond acceptors (Lipinski definition) is 4. The van der Waals surface area contributed by atoms with Gasteiger partial charge in [0.25, 0.3) is 0 Å². The van der Waals surface area contributed by atoms with Gasteiger partial charge >= 0.3 is 12.1 Å². The number of benzene rings is 2. The molecule has 1 aromatic heterocycles. The molecule has 3 aromatic rings. The molecular formula is C17H13F3N4O2. The number of aromatic nitrogens is 3. The van der Waals surface area contributed by atoms with Crippen LogP contribution in [-0.2, 0) is 6.42 Å². The van der Waals surface area contributed by atoms with Gasteiger partial charge in [-0.2, -0.15) is 5.10 Å². The maximum atomic E-state index is 12.4. The van der Waals surface area contributed by atoms with Gasteiger partial charge in [0.05, 0.1) is 11.7 Å². The number of halogens is 3. The summed E-state index contributed by atoms with van der Waals surface area (Å²) in [5, 5.41) is 6.32. The number of alkyl halides is 3. The van der Waals surface area contributed by atoms with Crippen molar-refractivity contribution in [2.45, 2.75) is 18.8 Å². The Hall–Kier alpha value is -3.07. The molecule has 1 atom stereocenters. The molecular weight excluding hydrogens is 349 g/mol. The van der Waals surface area contributed by atoms with Gasteiger partial charge in [-0.15, -0.1) is 13.2 Å². The van der Waals surface area contributed by atoms with Crippen LogP contribution in [0.3, 0.4) is 0 Å². The van der Waals surface area contributed by atoms with Crippen LogP contribution in [0.1, 0.15) is 17.4 Å². The Bertz CT molecular complexity index is 1040. The Kier molecular flexibility index (Phi) is 3.62. The van der Waals surface area contributed by atoms with E-state index in [4.69, 9.17) is 5.73 Å². The van der Waals surface area contributed by atoms with E-state index < -0.39 is 12.4 Å². The molecule has 3 N–H and O–H groups in total. The standard InChI is InChI=1S/C17H13F3N4O2/c18-17(19,20)26-12-3-1-2-9(7-12)10-4-5-14-11(6-10)8-13(21)15-22-23-16(25)24(14)15/h1-7,13H,8,21H2,(H,23,25). The minimum absolute atomic E-state index is 0.294. The van der Waals surface area contributed by atoms with E-state index in [9.17, 15) is 18.0 Å². The third-order valence-electron chi connectivity index (χ3n) is 4.19. The molecule has 9 heteroatoms. The zero-order valence-electron chi connectivity index (χ0n) is 13.2. The summed E-state index contributed by atoms with van der Waals surface area (Å²) < 4.78 is 42.6. The van der Waals surface area contributed by atoms with Crippen LogP contribution in [0.5, 0.6) is 5.75 Å². The normalized spacial score (nSPS) is 16.1. The molecule has 0 saturated carbocycles. The second-order valence-electron chi connectivity index (χ2n) is 5.95. The molecule has 134 valence electrons. The molecule has 1 aliphatic rings. The fraction of sp³-hybridized carbons (Fsp3) is 0.176. The maximum Gasteiger partial charge on any atom is 0.573 e. The number of nitrogens with two attached hydrogens (primary N) is 1. The Morgan fingerprint density at radius 2 is 1.96 bits per heavy atom. The minimum atomic E-state index is -4.75. The van der Waals surface area contributed by atoms with E-state index in [1.807, 2.05) is 6.07 Å². The predicted octanol–water partition coefficient (Wildman–Crippen LogP) is 2.68. The zero-order valence-corrected chi connectivity index (χ0v) is 13.2. The first kappa shape index (κ1) is 16.4. The first-order valence-electron chi connectivity index (χ1n) is 7.74. The van der Waals surface area contributed by atoms with Crippen molar-refractivity contribution >= 4 is 0 Å². The van der Waals surface area contributed by atoms with Gasteiger partial charge < -0.3 is 10.5 Å². The molecule has 4 rings (SSSR count). The Balaban J connectivity index is 1.76. The minimum Gasteiger partial charge on any atom is -0.406 e. The van der Waals surface area contributed by atoms with Crippen molar-refractivity contribution in [1.82, 2.24) is 14.8 Å². The molecule has 0 amide bonds. The molecule has 0 radical (unpaired) electrons. The topological polar surface area (TPSA) is 85.9 Å². The molecule has 0 aliphatic carbocycles. The average molecular weight is 362 g/mol. The highest BCUT2D eigenvalue weighted by Gasteiger charge is 2.31. The number of fused-ring (bicyclic) bond motifs is 3. The molecule has 1 aliphatic heterocycles. The van der Waals surface area contributed by atoms with Gasteiger partial charge in [-0.05, 0) is 47.4 Å². The van der Waals surface area contributed by atoms with E-state index in [0.717, 1.165) is 5.56 Å². The highest BCUT2D eigenvalue weighted by atomic mass is 19.4. The average Bonchev–Trinajstić information content (AvgIpc) is 2.96. The van der Waals surface area contributed by atoms with Crippen molar-refractivity contribution in [3.63, 3.8) is 0 Å². The first-order valence-corrected chi connectivity index (χ1v) is 7.74. The SMILES string of the molecule is NC1Cc2cc(-c3cccc(OC(F)(F)F)c3)ccc2-n2c1n[nH]c2=O. The summed E-state index contributed by atoms with van der Waals surface area (Å²) in [4.78, 5) is 12.0. The van der Waals surface area contributed by atoms with Crippen LogP contribution in [0.4, 0.5) is 13.2 Å². The summed E-state index contributed by atoms with van der Waals surface area (Å²) in [6, 6.07) is 10.5. The first-order chi connectivity index (χ1) is 12.3. The Morgan fingerprint density at radius 3 is 2.73 bits per heavy atom.